The minimum Gasteiger partial charge on any atom is -0.453 e. The van der Waals surface area contributed by atoms with Crippen LogP contribution in [-0.4, -0.2) is 23.8 Å². The van der Waals surface area contributed by atoms with Crippen LogP contribution in [0, 0.1) is 6.92 Å². The van der Waals surface area contributed by atoms with Crippen molar-refractivity contribution in [3.63, 3.8) is 0 Å². The van der Waals surface area contributed by atoms with E-state index < -0.39 is 18.0 Å². The van der Waals surface area contributed by atoms with E-state index in [4.69, 9.17) is 4.74 Å². The molecule has 0 aromatic heterocycles. The molecule has 28 heavy (non-hydrogen) atoms. The third kappa shape index (κ3) is 6.65. The van der Waals surface area contributed by atoms with Crippen molar-refractivity contribution < 1.29 is 19.1 Å². The van der Waals surface area contributed by atoms with Crippen LogP contribution >= 0.6 is 0 Å². The van der Waals surface area contributed by atoms with Gasteiger partial charge in [0, 0.05) is 17.7 Å². The zero-order valence-electron chi connectivity index (χ0n) is 16.7. The number of benzene rings is 2. The molecule has 0 aliphatic heterocycles. The highest BCUT2D eigenvalue weighted by Gasteiger charge is 2.19. The molecule has 0 aliphatic rings. The second-order valence-corrected chi connectivity index (χ2v) is 6.86. The van der Waals surface area contributed by atoms with Gasteiger partial charge in [0.1, 0.15) is 0 Å². The Labute approximate surface area is 166 Å². The van der Waals surface area contributed by atoms with Crippen LogP contribution in [0.15, 0.2) is 48.5 Å². The summed E-state index contributed by atoms with van der Waals surface area (Å²) in [5, 5.41) is 2.70. The fraction of sp³-hybridized carbons (Fsp3) is 0.348. The molecule has 1 atom stereocenters. The average molecular weight is 381 g/mol. The molecule has 0 bridgehead atoms. The van der Waals surface area contributed by atoms with Gasteiger partial charge >= 0.3 is 5.97 Å². The number of anilines is 1. The number of amides is 1. The molecule has 0 spiro atoms. The first kappa shape index (κ1) is 21.4. The molecule has 0 unspecified atom stereocenters. The Hall–Kier alpha value is -2.95. The van der Waals surface area contributed by atoms with Gasteiger partial charge in [-0.1, -0.05) is 55.3 Å². The van der Waals surface area contributed by atoms with Gasteiger partial charge in [-0.15, -0.1) is 0 Å². The number of Topliss-reactive ketones (excluding diaryl/α,β-unsaturated/α-hetero) is 1. The molecule has 5 heteroatoms. The van der Waals surface area contributed by atoms with E-state index >= 15 is 0 Å². The van der Waals surface area contributed by atoms with Crippen molar-refractivity contribution in [1.82, 2.24) is 0 Å². The van der Waals surface area contributed by atoms with E-state index in [0.29, 0.717) is 11.3 Å². The number of ether oxygens (including phenoxy) is 1. The molecule has 0 saturated carbocycles. The molecular weight excluding hydrogens is 354 g/mol. The van der Waals surface area contributed by atoms with Crippen molar-refractivity contribution in [2.75, 3.05) is 5.32 Å². The van der Waals surface area contributed by atoms with Gasteiger partial charge in [-0.2, -0.15) is 0 Å². The largest absolute Gasteiger partial charge is 0.453 e. The van der Waals surface area contributed by atoms with Crippen LogP contribution in [0.25, 0.3) is 0 Å². The molecule has 0 aliphatic carbocycles. The highest BCUT2D eigenvalue weighted by molar-refractivity contribution is 5.98. The van der Waals surface area contributed by atoms with Crippen molar-refractivity contribution in [3.8, 4) is 0 Å². The van der Waals surface area contributed by atoms with Crippen LogP contribution in [0.4, 0.5) is 5.69 Å². The molecule has 0 saturated heterocycles. The Bertz CT molecular complexity index is 810. The maximum atomic E-state index is 12.2. The zero-order chi connectivity index (χ0) is 20.5. The van der Waals surface area contributed by atoms with E-state index in [1.807, 2.05) is 31.2 Å². The number of nitrogens with one attached hydrogen (secondary N) is 1. The molecule has 0 heterocycles. The zero-order valence-corrected chi connectivity index (χ0v) is 16.7. The molecular formula is C23H27NO4. The average Bonchev–Trinajstić information content (AvgIpc) is 2.68. The predicted octanol–water partition coefficient (Wildman–Crippen LogP) is 4.48. The summed E-state index contributed by atoms with van der Waals surface area (Å²) in [7, 11) is 0. The second-order valence-electron chi connectivity index (χ2n) is 6.86. The number of hydrogen-bond donors (Lipinski definition) is 1. The second kappa shape index (κ2) is 10.4. The monoisotopic (exact) mass is 381 g/mol. The number of hydrogen-bond acceptors (Lipinski definition) is 4. The summed E-state index contributed by atoms with van der Waals surface area (Å²) >= 11 is 0. The van der Waals surface area contributed by atoms with Gasteiger partial charge in [0.05, 0.1) is 6.42 Å². The molecule has 1 amide bonds. The number of aryl methyl sites for hydroxylation is 2. The summed E-state index contributed by atoms with van der Waals surface area (Å²) in [5.41, 5.74) is 3.49. The fourth-order valence-corrected chi connectivity index (χ4v) is 2.70. The Balaban J connectivity index is 1.78. The van der Waals surface area contributed by atoms with Gasteiger partial charge in [0.15, 0.2) is 11.9 Å². The lowest BCUT2D eigenvalue weighted by Gasteiger charge is -2.13. The first-order valence-corrected chi connectivity index (χ1v) is 9.58. The number of carbonyl (C=O) groups is 3. The first-order valence-electron chi connectivity index (χ1n) is 9.58. The van der Waals surface area contributed by atoms with E-state index in [2.05, 4.69) is 12.2 Å². The van der Waals surface area contributed by atoms with Crippen molar-refractivity contribution >= 4 is 23.3 Å². The van der Waals surface area contributed by atoms with Crippen LogP contribution in [-0.2, 0) is 20.7 Å². The van der Waals surface area contributed by atoms with E-state index in [1.54, 1.807) is 24.3 Å². The van der Waals surface area contributed by atoms with Gasteiger partial charge in [-0.25, -0.2) is 0 Å². The van der Waals surface area contributed by atoms with E-state index in [1.165, 1.54) is 12.5 Å². The molecule has 2 aromatic rings. The van der Waals surface area contributed by atoms with E-state index in [0.717, 1.165) is 18.4 Å². The predicted molar refractivity (Wildman–Crippen MR) is 109 cm³/mol. The van der Waals surface area contributed by atoms with Crippen LogP contribution < -0.4 is 5.32 Å². The van der Waals surface area contributed by atoms with Gasteiger partial charge in [0.25, 0.3) is 5.91 Å². The molecule has 1 N–H and O–H groups in total. The third-order valence-corrected chi connectivity index (χ3v) is 4.37. The number of carbonyl (C=O) groups excluding carboxylic acids is 3. The summed E-state index contributed by atoms with van der Waals surface area (Å²) in [6, 6.07) is 14.8. The summed E-state index contributed by atoms with van der Waals surface area (Å²) < 4.78 is 5.14. The van der Waals surface area contributed by atoms with Crippen LogP contribution in [0.5, 0.6) is 0 Å². The molecule has 0 fully saturated rings. The van der Waals surface area contributed by atoms with Crippen molar-refractivity contribution in [1.29, 1.82) is 0 Å². The van der Waals surface area contributed by atoms with Gasteiger partial charge in [-0.05, 0) is 38.0 Å². The Morgan fingerprint density at radius 3 is 2.21 bits per heavy atom. The Morgan fingerprint density at radius 2 is 1.61 bits per heavy atom. The first-order chi connectivity index (χ1) is 13.4. The summed E-state index contributed by atoms with van der Waals surface area (Å²) in [6.45, 7) is 5.57. The van der Waals surface area contributed by atoms with Gasteiger partial charge in [-0.3, -0.25) is 14.4 Å². The maximum absolute atomic E-state index is 12.2. The molecule has 0 radical (unpaired) electrons. The summed E-state index contributed by atoms with van der Waals surface area (Å²) in [5.74, 6) is -1.09. The fourth-order valence-electron chi connectivity index (χ4n) is 2.70. The highest BCUT2D eigenvalue weighted by atomic mass is 16.5. The minimum atomic E-state index is -0.933. The lowest BCUT2D eigenvalue weighted by Crippen LogP contribution is -2.30. The maximum Gasteiger partial charge on any atom is 0.307 e. The third-order valence-electron chi connectivity index (χ3n) is 4.37. The van der Waals surface area contributed by atoms with Gasteiger partial charge in [0.2, 0.25) is 0 Å². The lowest BCUT2D eigenvalue weighted by molar-refractivity contribution is -0.153. The highest BCUT2D eigenvalue weighted by Crippen LogP contribution is 2.12. The standard InChI is InChI=1S/C23H27NO4/c1-4-5-18-8-10-19(11-9-18)21(25)14-15-22(26)28-17(3)23(27)24-20-12-6-16(2)7-13-20/h6-13,17H,4-5,14-15H2,1-3H3,(H,24,27)/t17-/m0/s1. The molecule has 2 rings (SSSR count). The lowest BCUT2D eigenvalue weighted by atomic mass is 10.0. The smallest absolute Gasteiger partial charge is 0.307 e. The summed E-state index contributed by atoms with van der Waals surface area (Å²) in [4.78, 5) is 36.3. The molecule has 5 nitrogen and oxygen atoms in total. The number of ketones is 1. The van der Waals surface area contributed by atoms with Crippen molar-refractivity contribution in [2.45, 2.75) is 52.6 Å². The summed E-state index contributed by atoms with van der Waals surface area (Å²) in [6.07, 6.45) is 1.09. The van der Waals surface area contributed by atoms with Crippen LogP contribution in [0.3, 0.4) is 0 Å². The quantitative estimate of drug-likeness (QED) is 0.513. The minimum absolute atomic E-state index is 0.0538. The Kier molecular flexibility index (Phi) is 7.93. The van der Waals surface area contributed by atoms with E-state index in [9.17, 15) is 14.4 Å². The molecule has 148 valence electrons. The molecule has 2 aromatic carbocycles. The van der Waals surface area contributed by atoms with Crippen molar-refractivity contribution in [3.05, 3.63) is 65.2 Å². The number of rotatable bonds is 9. The SMILES string of the molecule is CCCc1ccc(C(=O)CCC(=O)O[C@@H](C)C(=O)Nc2ccc(C)cc2)cc1. The number of esters is 1. The Morgan fingerprint density at radius 1 is 0.964 bits per heavy atom. The van der Waals surface area contributed by atoms with Crippen molar-refractivity contribution in [2.24, 2.45) is 0 Å². The van der Waals surface area contributed by atoms with Crippen LogP contribution in [0.2, 0.25) is 0 Å². The topological polar surface area (TPSA) is 72.5 Å². The van der Waals surface area contributed by atoms with Gasteiger partial charge < -0.3 is 10.1 Å². The van der Waals surface area contributed by atoms with E-state index in [-0.39, 0.29) is 18.6 Å². The normalized spacial score (nSPS) is 11.5. The van der Waals surface area contributed by atoms with Crippen LogP contribution in [0.1, 0.15) is 54.6 Å².